The molecular weight excluding hydrogens is 352 g/mol. The van der Waals surface area contributed by atoms with Crippen LogP contribution < -0.4 is 15.4 Å². The number of morpholine rings is 1. The average molecular weight is 389 g/mol. The van der Waals surface area contributed by atoms with E-state index in [0.29, 0.717) is 19.2 Å². The third kappa shape index (κ3) is 6.99. The first-order chi connectivity index (χ1) is 13.8. The van der Waals surface area contributed by atoms with Crippen LogP contribution in [0.4, 0.5) is 0 Å². The SMILES string of the molecule is CCNC(=NCc1ccccc1OCCN1CCOCC1)NC1CCCCC1. The Balaban J connectivity index is 1.53. The van der Waals surface area contributed by atoms with Crippen LogP contribution in [0.15, 0.2) is 29.3 Å². The summed E-state index contributed by atoms with van der Waals surface area (Å²) in [6.07, 6.45) is 6.48. The molecule has 2 aliphatic rings. The topological polar surface area (TPSA) is 58.1 Å². The van der Waals surface area contributed by atoms with Gasteiger partial charge in [0.1, 0.15) is 12.4 Å². The number of nitrogens with one attached hydrogen (secondary N) is 2. The van der Waals surface area contributed by atoms with E-state index in [9.17, 15) is 0 Å². The summed E-state index contributed by atoms with van der Waals surface area (Å²) in [6.45, 7) is 8.88. The van der Waals surface area contributed by atoms with Gasteiger partial charge in [0.25, 0.3) is 0 Å². The van der Waals surface area contributed by atoms with Gasteiger partial charge in [0, 0.05) is 37.8 Å². The molecule has 1 aliphatic heterocycles. The summed E-state index contributed by atoms with van der Waals surface area (Å²) in [6, 6.07) is 8.79. The van der Waals surface area contributed by atoms with Crippen molar-refractivity contribution in [3.63, 3.8) is 0 Å². The summed E-state index contributed by atoms with van der Waals surface area (Å²) in [4.78, 5) is 7.21. The van der Waals surface area contributed by atoms with E-state index >= 15 is 0 Å². The second-order valence-electron chi connectivity index (χ2n) is 7.58. The second-order valence-corrected chi connectivity index (χ2v) is 7.58. The number of ether oxygens (including phenoxy) is 2. The minimum absolute atomic E-state index is 0.548. The smallest absolute Gasteiger partial charge is 0.191 e. The Morgan fingerprint density at radius 1 is 1.18 bits per heavy atom. The van der Waals surface area contributed by atoms with Crippen molar-refractivity contribution in [2.24, 2.45) is 4.99 Å². The molecule has 1 aromatic carbocycles. The lowest BCUT2D eigenvalue weighted by molar-refractivity contribution is 0.0322. The van der Waals surface area contributed by atoms with Crippen molar-refractivity contribution < 1.29 is 9.47 Å². The maximum Gasteiger partial charge on any atom is 0.191 e. The number of para-hydroxylation sites is 1. The van der Waals surface area contributed by atoms with Crippen molar-refractivity contribution in [3.8, 4) is 5.75 Å². The lowest BCUT2D eigenvalue weighted by atomic mass is 9.96. The van der Waals surface area contributed by atoms with Crippen LogP contribution in [0.25, 0.3) is 0 Å². The molecule has 2 fully saturated rings. The predicted molar refractivity (Wildman–Crippen MR) is 114 cm³/mol. The van der Waals surface area contributed by atoms with E-state index in [2.05, 4.69) is 34.6 Å². The molecule has 0 aromatic heterocycles. The monoisotopic (exact) mass is 388 g/mol. The van der Waals surface area contributed by atoms with E-state index in [-0.39, 0.29) is 0 Å². The zero-order valence-electron chi connectivity index (χ0n) is 17.3. The molecule has 1 saturated carbocycles. The van der Waals surface area contributed by atoms with E-state index in [0.717, 1.165) is 56.7 Å². The molecular formula is C22H36N4O2. The van der Waals surface area contributed by atoms with Gasteiger partial charge >= 0.3 is 0 Å². The zero-order valence-corrected chi connectivity index (χ0v) is 17.3. The molecule has 0 spiro atoms. The number of rotatable bonds is 8. The molecule has 0 amide bonds. The summed E-state index contributed by atoms with van der Waals surface area (Å²) in [5.74, 6) is 1.85. The zero-order chi connectivity index (χ0) is 19.4. The Hall–Kier alpha value is -1.79. The molecule has 1 aliphatic carbocycles. The number of benzene rings is 1. The summed E-state index contributed by atoms with van der Waals surface area (Å²) < 4.78 is 11.5. The Morgan fingerprint density at radius 3 is 2.75 bits per heavy atom. The van der Waals surface area contributed by atoms with E-state index in [1.165, 1.54) is 32.1 Å². The van der Waals surface area contributed by atoms with Gasteiger partial charge in [0.05, 0.1) is 19.8 Å². The highest BCUT2D eigenvalue weighted by molar-refractivity contribution is 5.80. The van der Waals surface area contributed by atoms with Crippen LogP contribution in [0.5, 0.6) is 5.75 Å². The van der Waals surface area contributed by atoms with Gasteiger partial charge in [0.15, 0.2) is 5.96 Å². The lowest BCUT2D eigenvalue weighted by Gasteiger charge is -2.26. The van der Waals surface area contributed by atoms with Crippen molar-refractivity contribution in [1.29, 1.82) is 0 Å². The molecule has 2 N–H and O–H groups in total. The Morgan fingerprint density at radius 2 is 1.96 bits per heavy atom. The van der Waals surface area contributed by atoms with Gasteiger partial charge in [-0.05, 0) is 25.8 Å². The maximum absolute atomic E-state index is 6.09. The third-order valence-electron chi connectivity index (χ3n) is 5.44. The van der Waals surface area contributed by atoms with Gasteiger partial charge in [-0.2, -0.15) is 0 Å². The number of hydrogen-bond donors (Lipinski definition) is 2. The van der Waals surface area contributed by atoms with Gasteiger partial charge in [-0.3, -0.25) is 4.90 Å². The molecule has 6 nitrogen and oxygen atoms in total. The fraction of sp³-hybridized carbons (Fsp3) is 0.682. The Kier molecular flexibility index (Phi) is 8.91. The minimum atomic E-state index is 0.548. The predicted octanol–water partition coefficient (Wildman–Crippen LogP) is 2.79. The van der Waals surface area contributed by atoms with E-state index in [1.807, 2.05) is 12.1 Å². The number of nitrogens with zero attached hydrogens (tertiary/aromatic N) is 2. The fourth-order valence-electron chi connectivity index (χ4n) is 3.81. The van der Waals surface area contributed by atoms with Crippen molar-refractivity contribution >= 4 is 5.96 Å². The Bertz CT molecular complexity index is 596. The normalized spacial score (nSPS) is 19.4. The summed E-state index contributed by atoms with van der Waals surface area (Å²) >= 11 is 0. The van der Waals surface area contributed by atoms with Crippen molar-refractivity contribution in [2.75, 3.05) is 46.0 Å². The highest BCUT2D eigenvalue weighted by Gasteiger charge is 2.15. The first-order valence-electron chi connectivity index (χ1n) is 10.9. The molecule has 156 valence electrons. The summed E-state index contributed by atoms with van der Waals surface area (Å²) in [7, 11) is 0. The van der Waals surface area contributed by atoms with Gasteiger partial charge in [-0.25, -0.2) is 4.99 Å². The van der Waals surface area contributed by atoms with E-state index in [1.54, 1.807) is 0 Å². The maximum atomic E-state index is 6.09. The number of aliphatic imine (C=N–C) groups is 1. The molecule has 0 radical (unpaired) electrons. The second kappa shape index (κ2) is 11.9. The van der Waals surface area contributed by atoms with E-state index < -0.39 is 0 Å². The standard InChI is InChI=1S/C22H36N4O2/c1-2-23-22(25-20-9-4-3-5-10-20)24-18-19-8-6-7-11-21(19)28-17-14-26-12-15-27-16-13-26/h6-8,11,20H,2-5,9-10,12-18H2,1H3,(H2,23,24,25). The molecule has 0 bridgehead atoms. The molecule has 6 heteroatoms. The van der Waals surface area contributed by atoms with Gasteiger partial charge in [0.2, 0.25) is 0 Å². The van der Waals surface area contributed by atoms with Crippen LogP contribution in [0.3, 0.4) is 0 Å². The lowest BCUT2D eigenvalue weighted by Crippen LogP contribution is -2.44. The van der Waals surface area contributed by atoms with Crippen molar-refractivity contribution in [1.82, 2.24) is 15.5 Å². The van der Waals surface area contributed by atoms with Gasteiger partial charge in [-0.15, -0.1) is 0 Å². The van der Waals surface area contributed by atoms with Crippen LogP contribution >= 0.6 is 0 Å². The molecule has 0 unspecified atom stereocenters. The van der Waals surface area contributed by atoms with Crippen molar-refractivity contribution in [3.05, 3.63) is 29.8 Å². The number of hydrogen-bond acceptors (Lipinski definition) is 4. The third-order valence-corrected chi connectivity index (χ3v) is 5.44. The average Bonchev–Trinajstić information content (AvgIpc) is 2.74. The quantitative estimate of drug-likeness (QED) is 0.530. The highest BCUT2D eigenvalue weighted by atomic mass is 16.5. The molecule has 1 saturated heterocycles. The molecule has 1 heterocycles. The van der Waals surface area contributed by atoms with Crippen molar-refractivity contribution in [2.45, 2.75) is 51.6 Å². The molecule has 1 aromatic rings. The fourth-order valence-corrected chi connectivity index (χ4v) is 3.81. The summed E-state index contributed by atoms with van der Waals surface area (Å²) in [5.41, 5.74) is 1.13. The first kappa shape index (κ1) is 20.9. The molecule has 0 atom stereocenters. The molecule has 3 rings (SSSR count). The largest absolute Gasteiger partial charge is 0.492 e. The highest BCUT2D eigenvalue weighted by Crippen LogP contribution is 2.20. The van der Waals surface area contributed by atoms with Crippen LogP contribution in [-0.4, -0.2) is 62.9 Å². The van der Waals surface area contributed by atoms with Crippen LogP contribution in [0.1, 0.15) is 44.6 Å². The Labute approximate surface area is 169 Å². The van der Waals surface area contributed by atoms with Crippen LogP contribution in [-0.2, 0) is 11.3 Å². The van der Waals surface area contributed by atoms with Crippen LogP contribution in [0, 0.1) is 0 Å². The molecule has 28 heavy (non-hydrogen) atoms. The summed E-state index contributed by atoms with van der Waals surface area (Å²) in [5, 5.41) is 7.00. The number of guanidine groups is 1. The first-order valence-corrected chi connectivity index (χ1v) is 10.9. The van der Waals surface area contributed by atoms with E-state index in [4.69, 9.17) is 14.5 Å². The van der Waals surface area contributed by atoms with Gasteiger partial charge < -0.3 is 20.1 Å². The minimum Gasteiger partial charge on any atom is -0.492 e. The van der Waals surface area contributed by atoms with Gasteiger partial charge in [-0.1, -0.05) is 37.5 Å². The van der Waals surface area contributed by atoms with Crippen LogP contribution in [0.2, 0.25) is 0 Å².